The Morgan fingerprint density at radius 3 is 2.39 bits per heavy atom. The number of allylic oxidation sites excluding steroid dienone is 2. The first-order valence-corrected chi connectivity index (χ1v) is 10.7. The minimum Gasteiger partial charge on any atom is -0.493 e. The first kappa shape index (κ1) is 18.1. The Labute approximate surface area is 177 Å². The predicted molar refractivity (Wildman–Crippen MR) is 111 cm³/mol. The fourth-order valence-corrected chi connectivity index (χ4v) is 6.06. The fourth-order valence-electron chi connectivity index (χ4n) is 5.28. The molecule has 1 aromatic rings. The molecule has 2 bridgehead atoms. The number of hydrogen-bond acceptors (Lipinski definition) is 5. The maximum atomic E-state index is 13.0. The van der Waals surface area contributed by atoms with E-state index >= 15 is 0 Å². The van der Waals surface area contributed by atoms with E-state index in [0.29, 0.717) is 29.9 Å². The van der Waals surface area contributed by atoms with Crippen molar-refractivity contribution in [1.29, 1.82) is 0 Å². The van der Waals surface area contributed by atoms with Gasteiger partial charge in [-0.15, -0.1) is 0 Å². The molecule has 5 aliphatic rings. The Balaban J connectivity index is 1.41. The molecule has 6 nitrogen and oxygen atoms in total. The Kier molecular flexibility index (Phi) is 4.26. The zero-order valence-corrected chi connectivity index (χ0v) is 17.8. The number of carbonyl (C=O) groups excluding carboxylic acids is 2. The summed E-state index contributed by atoms with van der Waals surface area (Å²) in [6, 6.07) is 3.70. The van der Waals surface area contributed by atoms with Crippen molar-refractivity contribution in [1.82, 2.24) is 5.01 Å². The van der Waals surface area contributed by atoms with E-state index in [-0.39, 0.29) is 35.5 Å². The molecular weight excluding hydrogens is 471 g/mol. The summed E-state index contributed by atoms with van der Waals surface area (Å²) in [5.41, 5.74) is 0.754. The quantitative estimate of drug-likeness (QED) is 0.274. The van der Waals surface area contributed by atoms with E-state index in [9.17, 15) is 9.59 Å². The molecule has 2 amide bonds. The number of amides is 2. The van der Waals surface area contributed by atoms with Crippen molar-refractivity contribution in [2.24, 2.45) is 40.6 Å². The zero-order valence-electron chi connectivity index (χ0n) is 15.7. The number of rotatable bonds is 5. The van der Waals surface area contributed by atoms with Crippen molar-refractivity contribution in [3.63, 3.8) is 0 Å². The Morgan fingerprint density at radius 2 is 1.82 bits per heavy atom. The van der Waals surface area contributed by atoms with Crippen LogP contribution in [0.3, 0.4) is 0 Å². The molecule has 0 aromatic heterocycles. The van der Waals surface area contributed by atoms with Gasteiger partial charge in [-0.25, -0.2) is 0 Å². The highest BCUT2D eigenvalue weighted by atomic mass is 127. The highest BCUT2D eigenvalue weighted by Crippen LogP contribution is 2.65. The standard InChI is InChI=1S/C21H21IN2O4/c1-3-28-19-15(22)6-10(7-16(19)27-2)9-23-24-20(25)17-11-4-5-12(14-8-13(11)14)18(17)21(24)26/h4-7,9,11-14,17-18H,3,8H2,1-2H3/b23-9-/t11-,12-,13-,14+,17+,18+/m0/s1. The van der Waals surface area contributed by atoms with Crippen LogP contribution < -0.4 is 9.47 Å². The third-order valence-electron chi connectivity index (χ3n) is 6.50. The second-order valence-corrected chi connectivity index (χ2v) is 9.02. The van der Waals surface area contributed by atoms with E-state index in [4.69, 9.17) is 9.47 Å². The molecule has 0 spiro atoms. The number of hydrazone groups is 1. The molecule has 6 rings (SSSR count). The van der Waals surface area contributed by atoms with Gasteiger partial charge in [-0.3, -0.25) is 9.59 Å². The third-order valence-corrected chi connectivity index (χ3v) is 7.30. The van der Waals surface area contributed by atoms with Crippen LogP contribution in [-0.2, 0) is 9.59 Å². The van der Waals surface area contributed by atoms with Gasteiger partial charge in [0, 0.05) is 0 Å². The number of carbonyl (C=O) groups is 2. The SMILES string of the molecule is CCOc1c(I)cc(/C=N\N2C(=O)[C@@H]3[C@H]4C=C[C@@H]([C@@H]5C[C@H]45)[C@H]3C2=O)cc1OC. The van der Waals surface area contributed by atoms with E-state index in [1.807, 2.05) is 13.0 Å². The minimum absolute atomic E-state index is 0.149. The fraction of sp³-hybridized carbons (Fsp3) is 0.476. The van der Waals surface area contributed by atoms with Crippen LogP contribution in [0.4, 0.5) is 0 Å². The number of imide groups is 1. The van der Waals surface area contributed by atoms with Gasteiger partial charge in [-0.2, -0.15) is 10.1 Å². The summed E-state index contributed by atoms with van der Waals surface area (Å²) in [7, 11) is 1.58. The van der Waals surface area contributed by atoms with Gasteiger partial charge in [-0.1, -0.05) is 12.2 Å². The van der Waals surface area contributed by atoms with Crippen molar-refractivity contribution >= 4 is 40.6 Å². The lowest BCUT2D eigenvalue weighted by atomic mass is 9.63. The van der Waals surface area contributed by atoms with E-state index in [2.05, 4.69) is 39.8 Å². The van der Waals surface area contributed by atoms with Gasteiger partial charge >= 0.3 is 0 Å². The molecule has 1 aromatic carbocycles. The Hall–Kier alpha value is -1.90. The molecule has 7 heteroatoms. The lowest BCUT2D eigenvalue weighted by molar-refractivity contribution is -0.140. The van der Waals surface area contributed by atoms with Gasteiger partial charge in [0.2, 0.25) is 0 Å². The summed E-state index contributed by atoms with van der Waals surface area (Å²) in [5.74, 6) is 2.15. The Morgan fingerprint density at radius 1 is 1.18 bits per heavy atom. The van der Waals surface area contributed by atoms with Crippen molar-refractivity contribution in [2.75, 3.05) is 13.7 Å². The highest BCUT2D eigenvalue weighted by molar-refractivity contribution is 14.1. The minimum atomic E-state index is -0.224. The molecule has 4 aliphatic carbocycles. The smallest absolute Gasteiger partial charge is 0.254 e. The maximum Gasteiger partial charge on any atom is 0.254 e. The van der Waals surface area contributed by atoms with Gasteiger partial charge in [0.1, 0.15) is 0 Å². The monoisotopic (exact) mass is 492 g/mol. The van der Waals surface area contributed by atoms with E-state index in [1.165, 1.54) is 0 Å². The second-order valence-electron chi connectivity index (χ2n) is 7.85. The van der Waals surface area contributed by atoms with Gasteiger partial charge in [0.15, 0.2) is 11.5 Å². The summed E-state index contributed by atoms with van der Waals surface area (Å²) in [6.45, 7) is 2.46. The third kappa shape index (κ3) is 2.54. The average molecular weight is 492 g/mol. The number of hydrogen-bond donors (Lipinski definition) is 0. The Bertz CT molecular complexity index is 891. The van der Waals surface area contributed by atoms with Crippen molar-refractivity contribution in [3.05, 3.63) is 33.4 Å². The van der Waals surface area contributed by atoms with E-state index < -0.39 is 0 Å². The molecule has 3 fully saturated rings. The first-order valence-electron chi connectivity index (χ1n) is 9.65. The lowest BCUT2D eigenvalue weighted by Crippen LogP contribution is -2.40. The van der Waals surface area contributed by atoms with Crippen LogP contribution in [0.15, 0.2) is 29.4 Å². The number of halogens is 1. The van der Waals surface area contributed by atoms with Crippen molar-refractivity contribution in [3.8, 4) is 11.5 Å². The molecule has 1 aliphatic heterocycles. The number of methoxy groups -OCH3 is 1. The summed E-state index contributed by atoms with van der Waals surface area (Å²) in [6.07, 6.45) is 7.04. The summed E-state index contributed by atoms with van der Waals surface area (Å²) in [4.78, 5) is 25.9. The molecule has 0 radical (unpaired) electrons. The summed E-state index contributed by atoms with van der Waals surface area (Å²) < 4.78 is 11.9. The number of benzene rings is 1. The molecule has 146 valence electrons. The van der Waals surface area contributed by atoms with Crippen LogP contribution in [0, 0.1) is 39.1 Å². The molecule has 2 saturated carbocycles. The van der Waals surface area contributed by atoms with Gasteiger partial charge in [0.25, 0.3) is 11.8 Å². The van der Waals surface area contributed by atoms with Crippen LogP contribution in [0.2, 0.25) is 0 Å². The second kappa shape index (κ2) is 6.57. The molecule has 28 heavy (non-hydrogen) atoms. The van der Waals surface area contributed by atoms with Crippen molar-refractivity contribution < 1.29 is 19.1 Å². The molecule has 1 heterocycles. The normalized spacial score (nSPS) is 34.8. The number of nitrogens with zero attached hydrogens (tertiary/aromatic N) is 2. The largest absolute Gasteiger partial charge is 0.493 e. The molecule has 1 saturated heterocycles. The first-order chi connectivity index (χ1) is 13.5. The van der Waals surface area contributed by atoms with Crippen LogP contribution >= 0.6 is 22.6 Å². The maximum absolute atomic E-state index is 13.0. The van der Waals surface area contributed by atoms with Crippen LogP contribution in [0.5, 0.6) is 11.5 Å². The zero-order chi connectivity index (χ0) is 19.6. The van der Waals surface area contributed by atoms with Gasteiger partial charge in [-0.05, 0) is 77.3 Å². The van der Waals surface area contributed by atoms with Crippen LogP contribution in [0.1, 0.15) is 18.9 Å². The lowest BCUT2D eigenvalue weighted by Gasteiger charge is -2.37. The average Bonchev–Trinajstić information content (AvgIpc) is 3.47. The molecule has 6 atom stereocenters. The highest BCUT2D eigenvalue weighted by Gasteiger charge is 2.67. The van der Waals surface area contributed by atoms with E-state index in [0.717, 1.165) is 20.6 Å². The molecule has 0 unspecified atom stereocenters. The van der Waals surface area contributed by atoms with E-state index in [1.54, 1.807) is 19.4 Å². The topological polar surface area (TPSA) is 68.2 Å². The summed E-state index contributed by atoms with van der Waals surface area (Å²) in [5, 5.41) is 5.39. The summed E-state index contributed by atoms with van der Waals surface area (Å²) >= 11 is 2.18. The van der Waals surface area contributed by atoms with Crippen LogP contribution in [-0.4, -0.2) is 36.8 Å². The van der Waals surface area contributed by atoms with Crippen molar-refractivity contribution in [2.45, 2.75) is 13.3 Å². The number of ether oxygens (including phenoxy) is 2. The molecular formula is C21H21IN2O4. The van der Waals surface area contributed by atoms with Gasteiger partial charge in [0.05, 0.1) is 35.3 Å². The van der Waals surface area contributed by atoms with Gasteiger partial charge < -0.3 is 9.47 Å². The predicted octanol–water partition coefficient (Wildman–Crippen LogP) is 3.09. The van der Waals surface area contributed by atoms with Crippen LogP contribution in [0.25, 0.3) is 0 Å². The molecule has 0 N–H and O–H groups in total.